The number of aryl methyl sites for hydroxylation is 1. The van der Waals surface area contributed by atoms with Crippen molar-refractivity contribution in [3.63, 3.8) is 0 Å². The lowest BCUT2D eigenvalue weighted by molar-refractivity contribution is 0.0857. The molecule has 2 aromatic rings. The van der Waals surface area contributed by atoms with Gasteiger partial charge in [0.2, 0.25) is 0 Å². The van der Waals surface area contributed by atoms with Crippen LogP contribution in [0.4, 0.5) is 11.5 Å². The Bertz CT molecular complexity index is 713. The molecule has 0 spiro atoms. The quantitative estimate of drug-likeness (QED) is 0.815. The Labute approximate surface area is 149 Å². The Hall–Kier alpha value is -1.92. The maximum atomic E-state index is 12.1. The summed E-state index contributed by atoms with van der Waals surface area (Å²) >= 11 is 3.51. The van der Waals surface area contributed by atoms with E-state index in [0.29, 0.717) is 17.9 Å². The molecule has 1 saturated heterocycles. The predicted octanol–water partition coefficient (Wildman–Crippen LogP) is 3.80. The number of ether oxygens (including phenoxy) is 1. The van der Waals surface area contributed by atoms with Gasteiger partial charge in [-0.05, 0) is 49.6 Å². The average molecular weight is 390 g/mol. The number of anilines is 2. The summed E-state index contributed by atoms with van der Waals surface area (Å²) in [5.74, 6) is 0.573. The molecule has 0 bridgehead atoms. The van der Waals surface area contributed by atoms with Crippen molar-refractivity contribution in [2.45, 2.75) is 25.9 Å². The van der Waals surface area contributed by atoms with Gasteiger partial charge in [0.1, 0.15) is 5.82 Å². The number of aromatic nitrogens is 1. The molecule has 5 nitrogen and oxygen atoms in total. The maximum Gasteiger partial charge on any atom is 0.252 e. The third-order valence-corrected chi connectivity index (χ3v) is 4.84. The minimum Gasteiger partial charge on any atom is -0.376 e. The summed E-state index contributed by atoms with van der Waals surface area (Å²) in [5.41, 5.74) is 2.66. The summed E-state index contributed by atoms with van der Waals surface area (Å²) in [5, 5.41) is 6.12. The summed E-state index contributed by atoms with van der Waals surface area (Å²) < 4.78 is 6.54. The summed E-state index contributed by atoms with van der Waals surface area (Å²) in [6.07, 6.45) is 3.80. The highest BCUT2D eigenvalue weighted by molar-refractivity contribution is 9.10. The molecule has 1 amide bonds. The highest BCUT2D eigenvalue weighted by atomic mass is 79.9. The summed E-state index contributed by atoms with van der Waals surface area (Å²) in [7, 11) is 0. The van der Waals surface area contributed by atoms with Crippen LogP contribution in [0.1, 0.15) is 28.8 Å². The van der Waals surface area contributed by atoms with Crippen molar-refractivity contribution in [2.24, 2.45) is 0 Å². The van der Waals surface area contributed by atoms with E-state index in [1.54, 1.807) is 18.3 Å². The van der Waals surface area contributed by atoms with E-state index in [4.69, 9.17) is 4.74 Å². The van der Waals surface area contributed by atoms with Crippen LogP contribution < -0.4 is 10.6 Å². The fraction of sp³-hybridized carbons (Fsp3) is 0.333. The second-order valence-corrected chi connectivity index (χ2v) is 6.72. The standard InChI is InChI=1S/C18H20BrN3O2/c1-12-4-6-14(9-16(12)19)22-17-7-5-13(10-20-17)18(23)21-11-15-3-2-8-24-15/h4-7,9-10,15H,2-3,8,11H2,1H3,(H,20,22)(H,21,23). The summed E-state index contributed by atoms with van der Waals surface area (Å²) in [4.78, 5) is 16.4. The molecule has 24 heavy (non-hydrogen) atoms. The van der Waals surface area contributed by atoms with E-state index in [9.17, 15) is 4.79 Å². The van der Waals surface area contributed by atoms with Gasteiger partial charge in [-0.2, -0.15) is 0 Å². The smallest absolute Gasteiger partial charge is 0.252 e. The van der Waals surface area contributed by atoms with E-state index in [1.807, 2.05) is 25.1 Å². The number of pyridine rings is 1. The van der Waals surface area contributed by atoms with E-state index in [-0.39, 0.29) is 12.0 Å². The number of benzene rings is 1. The second-order valence-electron chi connectivity index (χ2n) is 5.87. The Morgan fingerprint density at radius 2 is 2.25 bits per heavy atom. The van der Waals surface area contributed by atoms with Gasteiger partial charge < -0.3 is 15.4 Å². The molecule has 1 aromatic carbocycles. The van der Waals surface area contributed by atoms with E-state index in [1.165, 1.54) is 5.56 Å². The number of carbonyl (C=O) groups excluding carboxylic acids is 1. The largest absolute Gasteiger partial charge is 0.376 e. The molecule has 1 fully saturated rings. The Morgan fingerprint density at radius 3 is 2.92 bits per heavy atom. The SMILES string of the molecule is Cc1ccc(Nc2ccc(C(=O)NCC3CCCO3)cn2)cc1Br. The highest BCUT2D eigenvalue weighted by Crippen LogP contribution is 2.23. The van der Waals surface area contributed by atoms with Gasteiger partial charge in [-0.3, -0.25) is 4.79 Å². The number of halogens is 1. The molecule has 1 aromatic heterocycles. The Morgan fingerprint density at radius 1 is 1.38 bits per heavy atom. The lowest BCUT2D eigenvalue weighted by Crippen LogP contribution is -2.31. The molecular formula is C18H20BrN3O2. The zero-order chi connectivity index (χ0) is 16.9. The molecule has 1 atom stereocenters. The first-order valence-corrected chi connectivity index (χ1v) is 8.80. The van der Waals surface area contributed by atoms with Crippen molar-refractivity contribution >= 4 is 33.3 Å². The number of amides is 1. The van der Waals surface area contributed by atoms with Gasteiger partial charge in [0, 0.05) is 29.5 Å². The van der Waals surface area contributed by atoms with Gasteiger partial charge in [-0.1, -0.05) is 22.0 Å². The van der Waals surface area contributed by atoms with Crippen LogP contribution in [0.5, 0.6) is 0 Å². The first-order chi connectivity index (χ1) is 11.6. The summed E-state index contributed by atoms with van der Waals surface area (Å²) in [6.45, 7) is 3.38. The number of hydrogen-bond acceptors (Lipinski definition) is 4. The molecule has 0 aliphatic carbocycles. The fourth-order valence-corrected chi connectivity index (χ4v) is 2.91. The fourth-order valence-electron chi connectivity index (χ4n) is 2.53. The predicted molar refractivity (Wildman–Crippen MR) is 97.7 cm³/mol. The Balaban J connectivity index is 1.57. The van der Waals surface area contributed by atoms with Crippen LogP contribution in [0, 0.1) is 6.92 Å². The number of nitrogens with one attached hydrogen (secondary N) is 2. The molecule has 1 aliphatic heterocycles. The van der Waals surface area contributed by atoms with Crippen LogP contribution in [0.2, 0.25) is 0 Å². The van der Waals surface area contributed by atoms with Gasteiger partial charge in [-0.25, -0.2) is 4.98 Å². The van der Waals surface area contributed by atoms with Gasteiger partial charge >= 0.3 is 0 Å². The minimum atomic E-state index is -0.123. The molecule has 126 valence electrons. The van der Waals surface area contributed by atoms with Crippen molar-refractivity contribution < 1.29 is 9.53 Å². The van der Waals surface area contributed by atoms with Gasteiger partial charge in [0.05, 0.1) is 11.7 Å². The topological polar surface area (TPSA) is 63.2 Å². The number of rotatable bonds is 5. The van der Waals surface area contributed by atoms with Crippen LogP contribution in [0.3, 0.4) is 0 Å². The number of carbonyl (C=O) groups is 1. The zero-order valence-electron chi connectivity index (χ0n) is 13.5. The van der Waals surface area contributed by atoms with Crippen molar-refractivity contribution in [1.29, 1.82) is 0 Å². The first-order valence-electron chi connectivity index (χ1n) is 8.01. The van der Waals surface area contributed by atoms with Gasteiger partial charge in [-0.15, -0.1) is 0 Å². The molecule has 0 saturated carbocycles. The van der Waals surface area contributed by atoms with Crippen LogP contribution in [0.25, 0.3) is 0 Å². The second kappa shape index (κ2) is 7.77. The van der Waals surface area contributed by atoms with Crippen molar-refractivity contribution in [1.82, 2.24) is 10.3 Å². The van der Waals surface area contributed by atoms with Gasteiger partial charge in [0.15, 0.2) is 0 Å². The lowest BCUT2D eigenvalue weighted by Gasteiger charge is -2.11. The number of hydrogen-bond donors (Lipinski definition) is 2. The molecule has 1 aliphatic rings. The molecule has 3 rings (SSSR count). The third-order valence-electron chi connectivity index (χ3n) is 3.98. The first kappa shape index (κ1) is 16.9. The lowest BCUT2D eigenvalue weighted by atomic mass is 10.2. The van der Waals surface area contributed by atoms with Crippen LogP contribution in [0.15, 0.2) is 41.0 Å². The van der Waals surface area contributed by atoms with Crippen LogP contribution >= 0.6 is 15.9 Å². The monoisotopic (exact) mass is 389 g/mol. The van der Waals surface area contributed by atoms with Gasteiger partial charge in [0.25, 0.3) is 5.91 Å². The molecule has 6 heteroatoms. The summed E-state index contributed by atoms with van der Waals surface area (Å²) in [6, 6.07) is 9.58. The molecule has 1 unspecified atom stereocenters. The van der Waals surface area contributed by atoms with Crippen LogP contribution in [-0.2, 0) is 4.74 Å². The highest BCUT2D eigenvalue weighted by Gasteiger charge is 2.16. The molecule has 0 radical (unpaired) electrons. The average Bonchev–Trinajstić information content (AvgIpc) is 3.10. The van der Waals surface area contributed by atoms with Crippen molar-refractivity contribution in [2.75, 3.05) is 18.5 Å². The van der Waals surface area contributed by atoms with Crippen molar-refractivity contribution in [3.8, 4) is 0 Å². The molecule has 2 heterocycles. The minimum absolute atomic E-state index is 0.123. The third kappa shape index (κ3) is 4.33. The maximum absolute atomic E-state index is 12.1. The van der Waals surface area contributed by atoms with Crippen molar-refractivity contribution in [3.05, 3.63) is 52.1 Å². The van der Waals surface area contributed by atoms with E-state index < -0.39 is 0 Å². The van der Waals surface area contributed by atoms with E-state index in [0.717, 1.165) is 29.6 Å². The van der Waals surface area contributed by atoms with E-state index >= 15 is 0 Å². The Kier molecular flexibility index (Phi) is 5.48. The van der Waals surface area contributed by atoms with E-state index in [2.05, 4.69) is 31.5 Å². The zero-order valence-corrected chi connectivity index (χ0v) is 15.1. The normalized spacial score (nSPS) is 16.8. The van der Waals surface area contributed by atoms with Crippen LogP contribution in [-0.4, -0.2) is 30.1 Å². The molecule has 2 N–H and O–H groups in total. The molecular weight excluding hydrogens is 370 g/mol. The number of nitrogens with zero attached hydrogens (tertiary/aromatic N) is 1.